The Morgan fingerprint density at radius 1 is 1.29 bits per heavy atom. The van der Waals surface area contributed by atoms with Crippen LogP contribution in [0, 0.1) is 0 Å². The maximum absolute atomic E-state index is 10.5. The Balaban J connectivity index is 0.00000169. The Kier molecular flexibility index (Phi) is 4.41. The van der Waals surface area contributed by atoms with E-state index in [-0.39, 0.29) is 27.0 Å². The minimum absolute atomic E-state index is 0. The van der Waals surface area contributed by atoms with Gasteiger partial charge < -0.3 is 17.0 Å². The summed E-state index contributed by atoms with van der Waals surface area (Å²) in [4.78, 5) is 14.0. The average molecular weight is 258 g/mol. The third-order valence-corrected chi connectivity index (χ3v) is 2.41. The van der Waals surface area contributed by atoms with E-state index in [1.54, 1.807) is 0 Å². The topological polar surface area (TPSA) is 111 Å². The van der Waals surface area contributed by atoms with Gasteiger partial charge in [0.05, 0.1) is 10.7 Å². The largest absolute Gasteiger partial charge is 0.476 e. The number of nitrogens with zero attached hydrogens (tertiary/aromatic N) is 1. The number of carboxylic acids is 1. The fraction of sp³-hybridized carbons (Fsp3) is 0. The van der Waals surface area contributed by atoms with Crippen LogP contribution in [0.1, 0.15) is 10.5 Å². The van der Waals surface area contributed by atoms with Gasteiger partial charge in [-0.3, -0.25) is 0 Å². The van der Waals surface area contributed by atoms with E-state index in [4.69, 9.17) is 45.6 Å². The number of nitrogen functional groups attached to an aromatic ring is 1. The molecular formula is C6H6Cl3N3O2. The van der Waals surface area contributed by atoms with E-state index in [9.17, 15) is 4.79 Å². The van der Waals surface area contributed by atoms with Gasteiger partial charge in [-0.1, -0.05) is 34.8 Å². The number of nitrogens with two attached hydrogens (primary N) is 1. The van der Waals surface area contributed by atoms with Crippen molar-refractivity contribution in [3.8, 4) is 0 Å². The van der Waals surface area contributed by atoms with Crippen molar-refractivity contribution in [3.63, 3.8) is 0 Å². The van der Waals surface area contributed by atoms with Gasteiger partial charge in [0.25, 0.3) is 0 Å². The number of hydrogen-bond acceptors (Lipinski definition) is 4. The molecule has 0 aliphatic carbocycles. The lowest BCUT2D eigenvalue weighted by Gasteiger charge is -2.04. The van der Waals surface area contributed by atoms with Crippen molar-refractivity contribution in [2.24, 2.45) is 0 Å². The second-order valence-corrected chi connectivity index (χ2v) is 3.21. The number of aromatic carboxylic acids is 1. The fourth-order valence-electron chi connectivity index (χ4n) is 0.673. The predicted octanol–water partition coefficient (Wildman–Crippen LogP) is 2.48. The molecule has 0 fully saturated rings. The Morgan fingerprint density at radius 2 is 1.79 bits per heavy atom. The lowest BCUT2D eigenvalue weighted by atomic mass is 10.3. The SMILES string of the molecule is N.Nc1c(Cl)c(Cl)nc(C(=O)O)c1Cl. The van der Waals surface area contributed by atoms with Crippen LogP contribution in [0.25, 0.3) is 0 Å². The highest BCUT2D eigenvalue weighted by Gasteiger charge is 2.18. The molecule has 0 amide bonds. The van der Waals surface area contributed by atoms with E-state index >= 15 is 0 Å². The zero-order valence-electron chi connectivity index (χ0n) is 6.72. The molecule has 0 unspecified atom stereocenters. The van der Waals surface area contributed by atoms with Gasteiger partial charge in [0.2, 0.25) is 0 Å². The summed E-state index contributed by atoms with van der Waals surface area (Å²) in [6.45, 7) is 0. The van der Waals surface area contributed by atoms with E-state index in [0.717, 1.165) is 0 Å². The molecule has 1 aromatic rings. The van der Waals surface area contributed by atoms with Crippen LogP contribution >= 0.6 is 34.8 Å². The van der Waals surface area contributed by atoms with Crippen molar-refractivity contribution >= 4 is 46.5 Å². The van der Waals surface area contributed by atoms with Crippen LogP contribution in [-0.4, -0.2) is 16.1 Å². The standard InChI is InChI=1S/C6H3Cl3N2O2.H3N/c7-1-3(10)2(8)5(9)11-4(1)6(12)13;/h(H2,10,11)(H,12,13);1H3. The molecule has 8 heteroatoms. The molecule has 6 N–H and O–H groups in total. The first kappa shape index (κ1) is 13.2. The van der Waals surface area contributed by atoms with Crippen LogP contribution in [-0.2, 0) is 0 Å². The zero-order valence-corrected chi connectivity index (χ0v) is 8.99. The first-order valence-corrected chi connectivity index (χ1v) is 4.11. The van der Waals surface area contributed by atoms with Crippen LogP contribution in [0.3, 0.4) is 0 Å². The average Bonchev–Trinajstić information content (AvgIpc) is 2.07. The van der Waals surface area contributed by atoms with E-state index in [0.29, 0.717) is 0 Å². The molecule has 14 heavy (non-hydrogen) atoms. The highest BCUT2D eigenvalue weighted by molar-refractivity contribution is 6.46. The number of rotatable bonds is 1. The van der Waals surface area contributed by atoms with Gasteiger partial charge in [-0.05, 0) is 0 Å². The third-order valence-electron chi connectivity index (χ3n) is 1.27. The Morgan fingerprint density at radius 3 is 2.21 bits per heavy atom. The number of carbonyl (C=O) groups is 1. The van der Waals surface area contributed by atoms with Gasteiger partial charge >= 0.3 is 5.97 Å². The van der Waals surface area contributed by atoms with Crippen LogP contribution in [0.2, 0.25) is 15.2 Å². The minimum atomic E-state index is -1.31. The van der Waals surface area contributed by atoms with Crippen molar-refractivity contribution in [2.75, 3.05) is 5.73 Å². The molecular weight excluding hydrogens is 252 g/mol. The van der Waals surface area contributed by atoms with Crippen molar-refractivity contribution in [2.45, 2.75) is 0 Å². The molecule has 0 aliphatic heterocycles. The minimum Gasteiger partial charge on any atom is -0.476 e. The van der Waals surface area contributed by atoms with Gasteiger partial charge in [0, 0.05) is 0 Å². The van der Waals surface area contributed by atoms with Crippen LogP contribution in [0.5, 0.6) is 0 Å². The molecule has 1 heterocycles. The lowest BCUT2D eigenvalue weighted by Crippen LogP contribution is -2.04. The summed E-state index contributed by atoms with van der Waals surface area (Å²) in [5.41, 5.74) is 4.88. The first-order valence-electron chi connectivity index (χ1n) is 2.98. The summed E-state index contributed by atoms with van der Waals surface area (Å²) in [6, 6.07) is 0. The number of anilines is 1. The van der Waals surface area contributed by atoms with Crippen molar-refractivity contribution in [1.29, 1.82) is 0 Å². The summed E-state index contributed by atoms with van der Waals surface area (Å²) < 4.78 is 0. The molecule has 0 saturated heterocycles. The van der Waals surface area contributed by atoms with Gasteiger partial charge in [-0.2, -0.15) is 0 Å². The molecule has 0 aliphatic rings. The van der Waals surface area contributed by atoms with Crippen LogP contribution in [0.4, 0.5) is 5.69 Å². The van der Waals surface area contributed by atoms with E-state index in [1.165, 1.54) is 0 Å². The molecule has 0 radical (unpaired) electrons. The summed E-state index contributed by atoms with van der Waals surface area (Å²) in [7, 11) is 0. The van der Waals surface area contributed by atoms with E-state index < -0.39 is 11.7 Å². The summed E-state index contributed by atoms with van der Waals surface area (Å²) in [5, 5.41) is 8.17. The van der Waals surface area contributed by atoms with Gasteiger partial charge in [0.1, 0.15) is 5.02 Å². The zero-order chi connectivity index (χ0) is 10.2. The number of hydrogen-bond donors (Lipinski definition) is 3. The van der Waals surface area contributed by atoms with Gasteiger partial charge in [0.15, 0.2) is 10.8 Å². The van der Waals surface area contributed by atoms with Gasteiger partial charge in [-0.25, -0.2) is 9.78 Å². The number of halogens is 3. The summed E-state index contributed by atoms with van der Waals surface area (Å²) in [6.07, 6.45) is 0. The second kappa shape index (κ2) is 4.65. The molecule has 0 spiro atoms. The fourth-order valence-corrected chi connectivity index (χ4v) is 1.26. The summed E-state index contributed by atoms with van der Waals surface area (Å²) in [5.74, 6) is -1.31. The highest BCUT2D eigenvalue weighted by atomic mass is 35.5. The molecule has 0 aromatic carbocycles. The molecule has 1 aromatic heterocycles. The number of carboxylic acid groups (broad SMARTS) is 1. The molecule has 0 bridgehead atoms. The smallest absolute Gasteiger partial charge is 0.356 e. The maximum Gasteiger partial charge on any atom is 0.356 e. The monoisotopic (exact) mass is 257 g/mol. The second-order valence-electron chi connectivity index (χ2n) is 2.10. The van der Waals surface area contributed by atoms with Crippen molar-refractivity contribution < 1.29 is 9.90 Å². The van der Waals surface area contributed by atoms with Crippen molar-refractivity contribution in [1.82, 2.24) is 11.1 Å². The molecule has 5 nitrogen and oxygen atoms in total. The normalized spacial score (nSPS) is 9.36. The Bertz CT molecular complexity index is 383. The summed E-state index contributed by atoms with van der Waals surface area (Å²) >= 11 is 16.6. The molecule has 1 rings (SSSR count). The third kappa shape index (κ3) is 2.19. The lowest BCUT2D eigenvalue weighted by molar-refractivity contribution is 0.0691. The molecule has 0 saturated carbocycles. The van der Waals surface area contributed by atoms with Crippen LogP contribution in [0.15, 0.2) is 0 Å². The molecule has 0 atom stereocenters. The quantitative estimate of drug-likeness (QED) is 0.670. The maximum atomic E-state index is 10.5. The first-order chi connectivity index (χ1) is 5.95. The highest BCUT2D eigenvalue weighted by Crippen LogP contribution is 2.34. The van der Waals surface area contributed by atoms with E-state index in [1.807, 2.05) is 0 Å². The predicted molar refractivity (Wildman–Crippen MR) is 55.7 cm³/mol. The Hall–Kier alpha value is -0.750. The van der Waals surface area contributed by atoms with Crippen molar-refractivity contribution in [3.05, 3.63) is 20.9 Å². The number of aromatic nitrogens is 1. The van der Waals surface area contributed by atoms with E-state index in [2.05, 4.69) is 4.98 Å². The molecule has 78 valence electrons. The van der Waals surface area contributed by atoms with Gasteiger partial charge in [-0.15, -0.1) is 0 Å². The Labute approximate surface area is 94.4 Å². The van der Waals surface area contributed by atoms with Crippen LogP contribution < -0.4 is 11.9 Å². The number of pyridine rings is 1.